The van der Waals surface area contributed by atoms with Crippen molar-refractivity contribution in [2.24, 2.45) is 0 Å². The number of pyridine rings is 1. The molecule has 1 aromatic heterocycles. The summed E-state index contributed by atoms with van der Waals surface area (Å²) in [5.41, 5.74) is 5.02. The lowest BCUT2D eigenvalue weighted by molar-refractivity contribution is -0.138. The fourth-order valence-electron chi connectivity index (χ4n) is 5.38. The monoisotopic (exact) mass is 484 g/mol. The lowest BCUT2D eigenvalue weighted by Crippen LogP contribution is -2.38. The van der Waals surface area contributed by atoms with Crippen LogP contribution in [0.3, 0.4) is 0 Å². The quantitative estimate of drug-likeness (QED) is 0.485. The Bertz CT molecular complexity index is 1390. The molecular formula is C29H28N2O5. The number of carbonyl (C=O) groups is 2. The Morgan fingerprint density at radius 3 is 2.69 bits per heavy atom. The van der Waals surface area contributed by atoms with Crippen LogP contribution in [-0.4, -0.2) is 47.7 Å². The average Bonchev–Trinajstić information content (AvgIpc) is 3.59. The van der Waals surface area contributed by atoms with Gasteiger partial charge in [-0.25, -0.2) is 9.78 Å². The van der Waals surface area contributed by atoms with E-state index >= 15 is 0 Å². The highest BCUT2D eigenvalue weighted by Crippen LogP contribution is 2.38. The first-order valence-corrected chi connectivity index (χ1v) is 12.6. The van der Waals surface area contributed by atoms with Crippen LogP contribution in [-0.2, 0) is 16.0 Å². The van der Waals surface area contributed by atoms with Crippen LogP contribution < -0.4 is 9.47 Å². The van der Waals surface area contributed by atoms with Gasteiger partial charge in [0, 0.05) is 18.5 Å². The average molecular weight is 485 g/mol. The standard InChI is InChI=1S/C29H28N2O5/c1-18(28(32)31-13-4-5-14-31)36-29(33)26-21-8-2-3-10-23(21)30-27-20(7-6-9-22(26)27)15-19-11-12-24-25(16-19)35-17-34-24/h2-3,8,10-12,15-16,18H,4-7,9,13-14,17H2,1H3/b20-15-/t18-/m1/s1. The topological polar surface area (TPSA) is 78.0 Å². The van der Waals surface area contributed by atoms with E-state index in [9.17, 15) is 9.59 Å². The van der Waals surface area contributed by atoms with E-state index < -0.39 is 12.1 Å². The summed E-state index contributed by atoms with van der Waals surface area (Å²) in [5, 5.41) is 0.756. The van der Waals surface area contributed by atoms with Crippen molar-refractivity contribution in [2.75, 3.05) is 19.9 Å². The van der Waals surface area contributed by atoms with Crippen LogP contribution >= 0.6 is 0 Å². The molecule has 1 fully saturated rings. The van der Waals surface area contributed by atoms with Crippen LogP contribution in [0.1, 0.15) is 59.8 Å². The van der Waals surface area contributed by atoms with Gasteiger partial charge in [-0.3, -0.25) is 4.79 Å². The predicted molar refractivity (Wildman–Crippen MR) is 136 cm³/mol. The molecule has 7 heteroatoms. The van der Waals surface area contributed by atoms with Crippen LogP contribution in [0.5, 0.6) is 11.5 Å². The van der Waals surface area contributed by atoms with Gasteiger partial charge in [0.1, 0.15) is 0 Å². The number of fused-ring (bicyclic) bond motifs is 3. The Kier molecular flexibility index (Phi) is 5.83. The molecule has 1 saturated heterocycles. The second kappa shape index (κ2) is 9.30. The minimum atomic E-state index is -0.828. The van der Waals surface area contributed by atoms with Crippen molar-refractivity contribution in [3.05, 3.63) is 64.8 Å². The van der Waals surface area contributed by atoms with Crippen LogP contribution in [0.4, 0.5) is 0 Å². The number of ether oxygens (including phenoxy) is 3. The summed E-state index contributed by atoms with van der Waals surface area (Å²) in [6.07, 6.45) is 5.74. The van der Waals surface area contributed by atoms with Gasteiger partial charge in [0.25, 0.3) is 5.91 Å². The summed E-state index contributed by atoms with van der Waals surface area (Å²) < 4.78 is 16.8. The number of benzene rings is 2. The normalized spacial score (nSPS) is 18.4. The van der Waals surface area contributed by atoms with Gasteiger partial charge in [0.15, 0.2) is 17.6 Å². The van der Waals surface area contributed by atoms with Crippen molar-refractivity contribution >= 4 is 34.4 Å². The van der Waals surface area contributed by atoms with Gasteiger partial charge in [-0.2, -0.15) is 0 Å². The highest BCUT2D eigenvalue weighted by molar-refractivity contribution is 6.07. The van der Waals surface area contributed by atoms with Gasteiger partial charge in [-0.15, -0.1) is 0 Å². The maximum atomic E-state index is 13.6. The second-order valence-corrected chi connectivity index (χ2v) is 9.55. The summed E-state index contributed by atoms with van der Waals surface area (Å²) >= 11 is 0. The zero-order valence-corrected chi connectivity index (χ0v) is 20.3. The number of hydrogen-bond donors (Lipinski definition) is 0. The van der Waals surface area contributed by atoms with Crippen LogP contribution in [0.2, 0.25) is 0 Å². The SMILES string of the molecule is C[C@@H](OC(=O)c1c2c(nc3ccccc13)/C(=C\c1ccc3c(c1)OCO3)CCC2)C(=O)N1CCCC1. The Morgan fingerprint density at radius 2 is 1.83 bits per heavy atom. The van der Waals surface area contributed by atoms with Crippen LogP contribution in [0, 0.1) is 0 Å². The third-order valence-corrected chi connectivity index (χ3v) is 7.16. The maximum absolute atomic E-state index is 13.6. The van der Waals surface area contributed by atoms with Crippen molar-refractivity contribution in [1.29, 1.82) is 0 Å². The largest absolute Gasteiger partial charge is 0.454 e. The highest BCUT2D eigenvalue weighted by atomic mass is 16.7. The zero-order valence-electron chi connectivity index (χ0n) is 20.3. The van der Waals surface area contributed by atoms with Crippen LogP contribution in [0.15, 0.2) is 42.5 Å². The molecule has 36 heavy (non-hydrogen) atoms. The van der Waals surface area contributed by atoms with Gasteiger partial charge in [0.05, 0.1) is 16.8 Å². The molecule has 1 amide bonds. The van der Waals surface area contributed by atoms with Gasteiger partial charge in [-0.1, -0.05) is 24.3 Å². The van der Waals surface area contributed by atoms with E-state index in [0.717, 1.165) is 90.0 Å². The molecule has 3 aliphatic rings. The molecule has 2 aromatic carbocycles. The molecule has 1 aliphatic carbocycles. The first kappa shape index (κ1) is 22.6. The molecule has 0 N–H and O–H groups in total. The number of likely N-dealkylation sites (tertiary alicyclic amines) is 1. The Balaban J connectivity index is 1.39. The molecule has 6 rings (SSSR count). The van der Waals surface area contributed by atoms with Crippen LogP contribution in [0.25, 0.3) is 22.6 Å². The predicted octanol–water partition coefficient (Wildman–Crippen LogP) is 5.01. The van der Waals surface area contributed by atoms with Gasteiger partial charge >= 0.3 is 5.97 Å². The van der Waals surface area contributed by atoms with E-state index in [1.54, 1.807) is 11.8 Å². The molecule has 0 bridgehead atoms. The number of carbonyl (C=O) groups excluding carboxylic acids is 2. The molecular weight excluding hydrogens is 456 g/mol. The molecule has 3 aromatic rings. The summed E-state index contributed by atoms with van der Waals surface area (Å²) in [5.74, 6) is 0.881. The summed E-state index contributed by atoms with van der Waals surface area (Å²) in [7, 11) is 0. The number of allylic oxidation sites excluding steroid dienone is 1. The Morgan fingerprint density at radius 1 is 1.03 bits per heavy atom. The molecule has 0 saturated carbocycles. The van der Waals surface area contributed by atoms with Crippen molar-refractivity contribution in [1.82, 2.24) is 9.88 Å². The molecule has 0 radical (unpaired) electrons. The third kappa shape index (κ3) is 4.08. The number of esters is 1. The van der Waals surface area contributed by atoms with Gasteiger partial charge in [-0.05, 0) is 80.0 Å². The fourth-order valence-corrected chi connectivity index (χ4v) is 5.38. The van der Waals surface area contributed by atoms with Gasteiger partial charge in [0.2, 0.25) is 6.79 Å². The van der Waals surface area contributed by atoms with Crippen molar-refractivity contribution < 1.29 is 23.8 Å². The number of aromatic nitrogens is 1. The first-order chi connectivity index (χ1) is 17.6. The molecule has 0 unspecified atom stereocenters. The summed E-state index contributed by atoms with van der Waals surface area (Å²) in [4.78, 5) is 33.2. The molecule has 184 valence electrons. The lowest BCUT2D eigenvalue weighted by atomic mass is 9.86. The molecule has 7 nitrogen and oxygen atoms in total. The lowest BCUT2D eigenvalue weighted by Gasteiger charge is -2.24. The van der Waals surface area contributed by atoms with E-state index in [1.807, 2.05) is 42.5 Å². The molecule has 1 atom stereocenters. The minimum absolute atomic E-state index is 0.128. The van der Waals surface area contributed by atoms with Gasteiger partial charge < -0.3 is 19.1 Å². The number of amides is 1. The second-order valence-electron chi connectivity index (χ2n) is 9.55. The number of hydrogen-bond acceptors (Lipinski definition) is 6. The molecule has 0 spiro atoms. The number of nitrogens with zero attached hydrogens (tertiary/aromatic N) is 2. The Labute approximate surface area is 209 Å². The summed E-state index contributed by atoms with van der Waals surface area (Å²) in [6, 6.07) is 13.5. The third-order valence-electron chi connectivity index (χ3n) is 7.16. The maximum Gasteiger partial charge on any atom is 0.339 e. The van der Waals surface area contributed by atoms with Crippen molar-refractivity contribution in [3.63, 3.8) is 0 Å². The minimum Gasteiger partial charge on any atom is -0.454 e. The number of rotatable bonds is 4. The van der Waals surface area contributed by atoms with E-state index in [4.69, 9.17) is 19.2 Å². The molecule has 3 heterocycles. The van der Waals surface area contributed by atoms with Crippen molar-refractivity contribution in [3.8, 4) is 11.5 Å². The summed E-state index contributed by atoms with van der Waals surface area (Å²) in [6.45, 7) is 3.35. The van der Waals surface area contributed by atoms with E-state index in [1.165, 1.54) is 0 Å². The molecule has 2 aliphatic heterocycles. The smallest absolute Gasteiger partial charge is 0.339 e. The van der Waals surface area contributed by atoms with Crippen molar-refractivity contribution in [2.45, 2.75) is 45.1 Å². The van der Waals surface area contributed by atoms with E-state index in [-0.39, 0.29) is 12.7 Å². The van der Waals surface area contributed by atoms with E-state index in [2.05, 4.69) is 6.08 Å². The zero-order chi connectivity index (χ0) is 24.6. The number of para-hydroxylation sites is 1. The fraction of sp³-hybridized carbons (Fsp3) is 0.345. The Hall–Kier alpha value is -3.87. The van der Waals surface area contributed by atoms with E-state index in [0.29, 0.717) is 5.56 Å². The first-order valence-electron chi connectivity index (χ1n) is 12.6. The highest BCUT2D eigenvalue weighted by Gasteiger charge is 2.30.